The molecule has 1 aromatic heterocycles. The van der Waals surface area contributed by atoms with E-state index in [1.54, 1.807) is 7.11 Å². The van der Waals surface area contributed by atoms with Crippen LogP contribution in [0.15, 0.2) is 60.7 Å². The summed E-state index contributed by atoms with van der Waals surface area (Å²) in [5, 5.41) is 0.911. The molecule has 2 heterocycles. The van der Waals surface area contributed by atoms with Gasteiger partial charge in [-0.3, -0.25) is 0 Å². The summed E-state index contributed by atoms with van der Waals surface area (Å²) in [6.07, 6.45) is 0. The molecule has 6 nitrogen and oxygen atoms in total. The third kappa shape index (κ3) is 4.28. The molecule has 0 fully saturated rings. The van der Waals surface area contributed by atoms with E-state index < -0.39 is 0 Å². The van der Waals surface area contributed by atoms with E-state index in [2.05, 4.69) is 45.0 Å². The van der Waals surface area contributed by atoms with Crippen molar-refractivity contribution in [3.63, 3.8) is 0 Å². The number of carbonyl (C=O) groups is 1. The lowest BCUT2D eigenvalue weighted by Crippen LogP contribution is -2.14. The average Bonchev–Trinajstić information content (AvgIpc) is 3.44. The van der Waals surface area contributed by atoms with Crippen LogP contribution >= 0.6 is 0 Å². The summed E-state index contributed by atoms with van der Waals surface area (Å²) >= 11 is 0. The van der Waals surface area contributed by atoms with Crippen LogP contribution in [0, 0.1) is 0 Å². The lowest BCUT2D eigenvalue weighted by molar-refractivity contribution is 0.0516. The average molecular weight is 486 g/mol. The number of methoxy groups -OCH3 is 1. The summed E-state index contributed by atoms with van der Waals surface area (Å²) in [5.74, 6) is 1.73. The molecule has 4 aromatic rings. The summed E-state index contributed by atoms with van der Waals surface area (Å²) in [6.45, 7) is 9.30. The van der Waals surface area contributed by atoms with E-state index in [1.165, 1.54) is 5.56 Å². The quantitative estimate of drug-likeness (QED) is 0.289. The van der Waals surface area contributed by atoms with Crippen molar-refractivity contribution in [2.75, 3.05) is 20.5 Å². The molecule has 186 valence electrons. The Balaban J connectivity index is 1.77. The Morgan fingerprint density at radius 1 is 1.00 bits per heavy atom. The van der Waals surface area contributed by atoms with Crippen molar-refractivity contribution >= 4 is 16.9 Å². The van der Waals surface area contributed by atoms with Gasteiger partial charge >= 0.3 is 5.97 Å². The van der Waals surface area contributed by atoms with Crippen LogP contribution in [-0.2, 0) is 16.7 Å². The summed E-state index contributed by atoms with van der Waals surface area (Å²) in [6, 6.07) is 20.2. The van der Waals surface area contributed by atoms with E-state index in [0.717, 1.165) is 33.3 Å². The first-order valence-corrected chi connectivity index (χ1v) is 12.2. The molecule has 0 radical (unpaired) electrons. The van der Waals surface area contributed by atoms with Crippen molar-refractivity contribution < 1.29 is 23.7 Å². The van der Waals surface area contributed by atoms with Crippen molar-refractivity contribution in [3.8, 4) is 28.4 Å². The van der Waals surface area contributed by atoms with E-state index in [9.17, 15) is 4.79 Å². The van der Waals surface area contributed by atoms with Crippen LogP contribution in [0.5, 0.6) is 17.2 Å². The lowest BCUT2D eigenvalue weighted by atomic mass is 9.86. The van der Waals surface area contributed by atoms with Gasteiger partial charge in [-0.15, -0.1) is 0 Å². The lowest BCUT2D eigenvalue weighted by Gasteiger charge is -2.19. The smallest absolute Gasteiger partial charge is 0.355 e. The van der Waals surface area contributed by atoms with Crippen molar-refractivity contribution in [1.82, 2.24) is 4.57 Å². The van der Waals surface area contributed by atoms with E-state index in [-0.39, 0.29) is 24.8 Å². The highest BCUT2D eigenvalue weighted by atomic mass is 16.7. The molecular formula is C30H31NO5. The van der Waals surface area contributed by atoms with Crippen molar-refractivity contribution in [3.05, 3.63) is 77.5 Å². The molecule has 1 aliphatic heterocycles. The number of ether oxygens (including phenoxy) is 4. The number of carbonyl (C=O) groups excluding carboxylic acids is 1. The Morgan fingerprint density at radius 2 is 1.72 bits per heavy atom. The highest BCUT2D eigenvalue weighted by Gasteiger charge is 2.28. The van der Waals surface area contributed by atoms with E-state index >= 15 is 0 Å². The third-order valence-corrected chi connectivity index (χ3v) is 6.54. The van der Waals surface area contributed by atoms with Crippen molar-refractivity contribution in [1.29, 1.82) is 0 Å². The van der Waals surface area contributed by atoms with Crippen LogP contribution < -0.4 is 14.2 Å². The van der Waals surface area contributed by atoms with Crippen LogP contribution in [0.4, 0.5) is 0 Å². The zero-order valence-electron chi connectivity index (χ0n) is 21.4. The Kier molecular flexibility index (Phi) is 6.12. The van der Waals surface area contributed by atoms with Crippen LogP contribution in [0.2, 0.25) is 0 Å². The molecule has 5 rings (SSSR count). The first-order valence-electron chi connectivity index (χ1n) is 12.2. The predicted molar refractivity (Wildman–Crippen MR) is 140 cm³/mol. The maximum atomic E-state index is 13.5. The van der Waals surface area contributed by atoms with Gasteiger partial charge in [0, 0.05) is 23.6 Å². The third-order valence-electron chi connectivity index (χ3n) is 6.54. The molecule has 6 heteroatoms. The van der Waals surface area contributed by atoms with Gasteiger partial charge in [0.25, 0.3) is 0 Å². The molecule has 0 saturated carbocycles. The summed E-state index contributed by atoms with van der Waals surface area (Å²) in [5.41, 5.74) is 5.39. The number of hydrogen-bond donors (Lipinski definition) is 0. The van der Waals surface area contributed by atoms with Gasteiger partial charge in [0.2, 0.25) is 6.79 Å². The SMILES string of the molecule is CCOC(=O)c1c(-c2ccc(C(C)(C)C)cc2)c2cc3c(cc2n1Cc1cccc(OC)c1)OCO3. The van der Waals surface area contributed by atoms with Crippen LogP contribution in [0.1, 0.15) is 49.3 Å². The highest BCUT2D eigenvalue weighted by Crippen LogP contribution is 2.43. The van der Waals surface area contributed by atoms with Crippen LogP contribution in [0.3, 0.4) is 0 Å². The maximum Gasteiger partial charge on any atom is 0.355 e. The number of rotatable bonds is 6. The first-order chi connectivity index (χ1) is 17.3. The minimum absolute atomic E-state index is 0.0227. The van der Waals surface area contributed by atoms with Gasteiger partial charge in [0.15, 0.2) is 11.5 Å². The Hall–Kier alpha value is -3.93. The van der Waals surface area contributed by atoms with Crippen LogP contribution in [-0.4, -0.2) is 31.0 Å². The topological polar surface area (TPSA) is 58.9 Å². The summed E-state index contributed by atoms with van der Waals surface area (Å²) in [4.78, 5) is 13.5. The van der Waals surface area contributed by atoms with Gasteiger partial charge < -0.3 is 23.5 Å². The Bertz CT molecular complexity index is 1430. The molecule has 0 spiro atoms. The standard InChI is InChI=1S/C30H31NO5/c1-6-34-29(32)28-27(20-10-12-21(13-11-20)30(2,3)4)23-15-25-26(36-18-35-25)16-24(23)31(28)17-19-8-7-9-22(14-19)33-5/h7-16H,6,17-18H2,1-5H3. The Labute approximate surface area is 211 Å². The molecule has 1 aliphatic rings. The van der Waals surface area contributed by atoms with E-state index in [0.29, 0.717) is 23.7 Å². The van der Waals surface area contributed by atoms with Gasteiger partial charge in [-0.2, -0.15) is 0 Å². The zero-order chi connectivity index (χ0) is 25.4. The van der Waals surface area contributed by atoms with Gasteiger partial charge in [-0.25, -0.2) is 4.79 Å². The number of nitrogens with zero attached hydrogens (tertiary/aromatic N) is 1. The van der Waals surface area contributed by atoms with Crippen LogP contribution in [0.25, 0.3) is 22.0 Å². The summed E-state index contributed by atoms with van der Waals surface area (Å²) < 4.78 is 24.4. The normalized spacial score (nSPS) is 12.7. The minimum Gasteiger partial charge on any atom is -0.497 e. The largest absolute Gasteiger partial charge is 0.497 e. The number of esters is 1. The van der Waals surface area contributed by atoms with Gasteiger partial charge in [0.1, 0.15) is 11.4 Å². The highest BCUT2D eigenvalue weighted by molar-refractivity contribution is 6.09. The van der Waals surface area contributed by atoms with Gasteiger partial charge in [-0.05, 0) is 47.2 Å². The molecule has 36 heavy (non-hydrogen) atoms. The van der Waals surface area contributed by atoms with Gasteiger partial charge in [-0.1, -0.05) is 57.2 Å². The molecule has 0 aliphatic carbocycles. The predicted octanol–water partition coefficient (Wildman–Crippen LogP) is 6.57. The second kappa shape index (κ2) is 9.26. The molecule has 3 aromatic carbocycles. The summed E-state index contributed by atoms with van der Waals surface area (Å²) in [7, 11) is 1.65. The van der Waals surface area contributed by atoms with Crippen molar-refractivity contribution in [2.45, 2.75) is 39.7 Å². The number of benzene rings is 3. The first kappa shape index (κ1) is 23.8. The zero-order valence-corrected chi connectivity index (χ0v) is 21.4. The Morgan fingerprint density at radius 3 is 2.39 bits per heavy atom. The second-order valence-electron chi connectivity index (χ2n) is 9.93. The second-order valence-corrected chi connectivity index (χ2v) is 9.93. The molecule has 0 saturated heterocycles. The fourth-order valence-electron chi connectivity index (χ4n) is 4.70. The fourth-order valence-corrected chi connectivity index (χ4v) is 4.70. The number of aromatic nitrogens is 1. The van der Waals surface area contributed by atoms with Crippen molar-refractivity contribution in [2.24, 2.45) is 0 Å². The fraction of sp³-hybridized carbons (Fsp3) is 0.300. The molecule has 0 N–H and O–H groups in total. The van der Waals surface area contributed by atoms with E-state index in [1.807, 2.05) is 47.9 Å². The molecule has 0 atom stereocenters. The monoisotopic (exact) mass is 485 g/mol. The molecule has 0 bridgehead atoms. The minimum atomic E-state index is -0.367. The molecule has 0 amide bonds. The van der Waals surface area contributed by atoms with E-state index in [4.69, 9.17) is 18.9 Å². The molecule has 0 unspecified atom stereocenters. The van der Waals surface area contributed by atoms with Gasteiger partial charge in [0.05, 0.1) is 19.2 Å². The number of hydrogen-bond acceptors (Lipinski definition) is 5. The maximum absolute atomic E-state index is 13.5. The number of fused-ring (bicyclic) bond motifs is 2. The molecular weight excluding hydrogens is 454 g/mol.